The maximum absolute atomic E-state index is 12.1. The number of hydrogen-bond acceptors (Lipinski definition) is 5. The minimum Gasteiger partial charge on any atom is -0.379 e. The smallest absolute Gasteiger partial charge is 0.328 e. The van der Waals surface area contributed by atoms with Gasteiger partial charge < -0.3 is 10.1 Å². The van der Waals surface area contributed by atoms with Gasteiger partial charge in [-0.05, 0) is 13.3 Å². The monoisotopic (exact) mass is 324 g/mol. The van der Waals surface area contributed by atoms with E-state index in [0.717, 1.165) is 19.5 Å². The number of H-pyrrole nitrogens is 1. The minimum atomic E-state index is -0.584. The average Bonchev–Trinajstić information content (AvgIpc) is 2.56. The summed E-state index contributed by atoms with van der Waals surface area (Å²) in [5.74, 6) is -0.257. The number of rotatable bonds is 6. The summed E-state index contributed by atoms with van der Waals surface area (Å²) >= 11 is 0. The molecule has 8 heteroatoms. The van der Waals surface area contributed by atoms with Crippen LogP contribution in [0.4, 0.5) is 0 Å². The fourth-order valence-corrected chi connectivity index (χ4v) is 2.63. The van der Waals surface area contributed by atoms with Gasteiger partial charge in [-0.25, -0.2) is 4.79 Å². The van der Waals surface area contributed by atoms with E-state index >= 15 is 0 Å². The summed E-state index contributed by atoms with van der Waals surface area (Å²) in [6, 6.07) is 1.22. The van der Waals surface area contributed by atoms with Gasteiger partial charge >= 0.3 is 5.69 Å². The summed E-state index contributed by atoms with van der Waals surface area (Å²) in [7, 11) is 0. The number of ether oxygens (including phenoxy) is 1. The molecule has 0 saturated carbocycles. The normalized spacial score (nSPS) is 18.3. The zero-order valence-electron chi connectivity index (χ0n) is 13.6. The predicted molar refractivity (Wildman–Crippen MR) is 85.4 cm³/mol. The first-order valence-corrected chi connectivity index (χ1v) is 7.84. The second-order valence-corrected chi connectivity index (χ2v) is 5.96. The Kier molecular flexibility index (Phi) is 5.73. The van der Waals surface area contributed by atoms with Crippen LogP contribution in [-0.4, -0.2) is 58.7 Å². The van der Waals surface area contributed by atoms with E-state index in [2.05, 4.69) is 29.0 Å². The highest BCUT2D eigenvalue weighted by molar-refractivity contribution is 5.75. The fraction of sp³-hybridized carbons (Fsp3) is 0.667. The third-order valence-corrected chi connectivity index (χ3v) is 4.41. The zero-order chi connectivity index (χ0) is 16.9. The number of morpholine rings is 1. The number of nitrogens with zero attached hydrogens (tertiary/aromatic N) is 2. The van der Waals surface area contributed by atoms with Crippen LogP contribution in [0.1, 0.15) is 20.3 Å². The molecule has 2 N–H and O–H groups in total. The first kappa shape index (κ1) is 17.4. The lowest BCUT2D eigenvalue weighted by molar-refractivity contribution is -0.122. The number of amides is 1. The molecule has 128 valence electrons. The summed E-state index contributed by atoms with van der Waals surface area (Å²) < 4.78 is 6.55. The van der Waals surface area contributed by atoms with Crippen LogP contribution in [0.15, 0.2) is 21.9 Å². The Hall–Kier alpha value is -1.93. The van der Waals surface area contributed by atoms with Crippen molar-refractivity contribution in [1.29, 1.82) is 0 Å². The molecule has 1 aliphatic heterocycles. The van der Waals surface area contributed by atoms with Crippen LogP contribution in [-0.2, 0) is 16.1 Å². The lowest BCUT2D eigenvalue weighted by atomic mass is 9.95. The van der Waals surface area contributed by atoms with Crippen LogP contribution in [0.3, 0.4) is 0 Å². The summed E-state index contributed by atoms with van der Waals surface area (Å²) in [4.78, 5) is 39.1. The number of aromatic nitrogens is 2. The summed E-state index contributed by atoms with van der Waals surface area (Å²) in [5, 5.41) is 2.89. The Balaban J connectivity index is 1.93. The second kappa shape index (κ2) is 7.56. The predicted octanol–water partition coefficient (Wildman–Crippen LogP) is -0.846. The molecule has 2 heterocycles. The Morgan fingerprint density at radius 2 is 2.09 bits per heavy atom. The molecule has 1 amide bonds. The molecular formula is C15H24N4O4. The van der Waals surface area contributed by atoms with Gasteiger partial charge in [-0.1, -0.05) is 6.92 Å². The van der Waals surface area contributed by atoms with E-state index in [1.807, 2.05) is 0 Å². The molecule has 0 aliphatic carbocycles. The first-order chi connectivity index (χ1) is 10.9. The zero-order valence-corrected chi connectivity index (χ0v) is 13.6. The van der Waals surface area contributed by atoms with Crippen molar-refractivity contribution in [3.63, 3.8) is 0 Å². The van der Waals surface area contributed by atoms with Crippen LogP contribution < -0.4 is 16.6 Å². The molecule has 1 aromatic heterocycles. The second-order valence-electron chi connectivity index (χ2n) is 5.96. The molecule has 2 rings (SSSR count). The van der Waals surface area contributed by atoms with Crippen LogP contribution in [0.5, 0.6) is 0 Å². The number of hydrogen-bond donors (Lipinski definition) is 2. The lowest BCUT2D eigenvalue weighted by Gasteiger charge is -2.43. The van der Waals surface area contributed by atoms with Gasteiger partial charge in [0.2, 0.25) is 5.91 Å². The first-order valence-electron chi connectivity index (χ1n) is 7.84. The third kappa shape index (κ3) is 4.52. The molecule has 1 fully saturated rings. The number of aromatic amines is 1. The maximum Gasteiger partial charge on any atom is 0.328 e. The Labute approximate surface area is 134 Å². The highest BCUT2D eigenvalue weighted by atomic mass is 16.5. The van der Waals surface area contributed by atoms with Crippen molar-refractivity contribution in [3.8, 4) is 0 Å². The van der Waals surface area contributed by atoms with Crippen LogP contribution in [0, 0.1) is 0 Å². The van der Waals surface area contributed by atoms with E-state index in [4.69, 9.17) is 4.74 Å². The topological polar surface area (TPSA) is 96.4 Å². The number of carbonyl (C=O) groups excluding carboxylic acids is 1. The molecule has 1 atom stereocenters. The lowest BCUT2D eigenvalue weighted by Crippen LogP contribution is -2.57. The highest BCUT2D eigenvalue weighted by Gasteiger charge is 2.31. The Morgan fingerprint density at radius 1 is 1.39 bits per heavy atom. The number of carbonyl (C=O) groups is 1. The molecule has 1 aliphatic rings. The highest BCUT2D eigenvalue weighted by Crippen LogP contribution is 2.19. The molecule has 8 nitrogen and oxygen atoms in total. The third-order valence-electron chi connectivity index (χ3n) is 4.41. The van der Waals surface area contributed by atoms with E-state index in [-0.39, 0.29) is 18.0 Å². The summed E-state index contributed by atoms with van der Waals surface area (Å²) in [6.45, 7) is 7.70. The quantitative estimate of drug-likeness (QED) is 0.711. The molecule has 0 radical (unpaired) electrons. The van der Waals surface area contributed by atoms with E-state index < -0.39 is 11.2 Å². The maximum atomic E-state index is 12.1. The van der Waals surface area contributed by atoms with E-state index in [9.17, 15) is 14.4 Å². The molecule has 0 bridgehead atoms. The van der Waals surface area contributed by atoms with Gasteiger partial charge in [0.1, 0.15) is 6.54 Å². The van der Waals surface area contributed by atoms with Gasteiger partial charge in [0.05, 0.1) is 13.2 Å². The van der Waals surface area contributed by atoms with Crippen LogP contribution >= 0.6 is 0 Å². The van der Waals surface area contributed by atoms with Gasteiger partial charge in [0.15, 0.2) is 0 Å². The molecule has 1 aromatic rings. The molecule has 0 unspecified atom stereocenters. The van der Waals surface area contributed by atoms with Gasteiger partial charge in [-0.15, -0.1) is 0 Å². The van der Waals surface area contributed by atoms with Crippen molar-refractivity contribution in [3.05, 3.63) is 33.1 Å². The molecule has 0 aromatic carbocycles. The van der Waals surface area contributed by atoms with Gasteiger partial charge in [-0.2, -0.15) is 0 Å². The van der Waals surface area contributed by atoms with Crippen molar-refractivity contribution in [2.45, 2.75) is 32.4 Å². The molecule has 1 saturated heterocycles. The van der Waals surface area contributed by atoms with E-state index in [1.165, 1.54) is 16.8 Å². The van der Waals surface area contributed by atoms with Crippen molar-refractivity contribution in [2.75, 3.05) is 32.8 Å². The summed E-state index contributed by atoms with van der Waals surface area (Å²) in [6.07, 6.45) is 2.22. The van der Waals surface area contributed by atoms with Gasteiger partial charge in [0, 0.05) is 37.4 Å². The average molecular weight is 324 g/mol. The van der Waals surface area contributed by atoms with E-state index in [0.29, 0.717) is 19.8 Å². The van der Waals surface area contributed by atoms with Gasteiger partial charge in [-0.3, -0.25) is 24.0 Å². The molecular weight excluding hydrogens is 300 g/mol. The van der Waals surface area contributed by atoms with E-state index in [1.54, 1.807) is 0 Å². The van der Waals surface area contributed by atoms with Crippen LogP contribution in [0.2, 0.25) is 0 Å². The Bertz CT molecular complexity index is 647. The van der Waals surface area contributed by atoms with Crippen molar-refractivity contribution >= 4 is 5.91 Å². The van der Waals surface area contributed by atoms with Crippen molar-refractivity contribution < 1.29 is 9.53 Å². The SMILES string of the molecule is CC[C@](C)(CNC(=O)Cn1ccc(=O)[nH]c1=O)N1CCOCC1. The van der Waals surface area contributed by atoms with Gasteiger partial charge in [0.25, 0.3) is 5.56 Å². The number of nitrogens with one attached hydrogen (secondary N) is 2. The molecule has 0 spiro atoms. The van der Waals surface area contributed by atoms with Crippen molar-refractivity contribution in [1.82, 2.24) is 19.8 Å². The fourth-order valence-electron chi connectivity index (χ4n) is 2.63. The summed E-state index contributed by atoms with van der Waals surface area (Å²) in [5.41, 5.74) is -1.20. The minimum absolute atomic E-state index is 0.113. The largest absolute Gasteiger partial charge is 0.379 e. The Morgan fingerprint density at radius 3 is 2.70 bits per heavy atom. The standard InChI is InChI=1S/C15H24N4O4/c1-3-15(2,19-6-8-23-9-7-19)11-16-13(21)10-18-5-4-12(20)17-14(18)22/h4-5H,3,6-11H2,1-2H3,(H,16,21)(H,17,20,22)/t15-/m1/s1. The molecule has 23 heavy (non-hydrogen) atoms. The van der Waals surface area contributed by atoms with Crippen molar-refractivity contribution in [2.24, 2.45) is 0 Å². The van der Waals surface area contributed by atoms with Crippen LogP contribution in [0.25, 0.3) is 0 Å².